The number of amides is 1. The van der Waals surface area contributed by atoms with Gasteiger partial charge in [-0.15, -0.1) is 0 Å². The molecule has 0 bridgehead atoms. The Morgan fingerprint density at radius 2 is 1.96 bits per heavy atom. The van der Waals surface area contributed by atoms with Gasteiger partial charge in [0.2, 0.25) is 15.8 Å². The molecule has 0 unspecified atom stereocenters. The van der Waals surface area contributed by atoms with Crippen molar-refractivity contribution in [2.24, 2.45) is 4.99 Å². The highest BCUT2D eigenvalue weighted by atomic mass is 35.5. The first-order valence-corrected chi connectivity index (χ1v) is 8.91. The van der Waals surface area contributed by atoms with Gasteiger partial charge in [-0.25, -0.2) is 13.2 Å². The number of fused-ring (bicyclic) bond motifs is 1. The fourth-order valence-electron chi connectivity index (χ4n) is 2.30. The Hall–Kier alpha value is -2.45. The Labute approximate surface area is 143 Å². The number of anilines is 1. The molecule has 0 aliphatic carbocycles. The summed E-state index contributed by atoms with van der Waals surface area (Å²) < 4.78 is 28.1. The van der Waals surface area contributed by atoms with E-state index in [1.54, 1.807) is 25.1 Å². The Morgan fingerprint density at radius 3 is 2.71 bits per heavy atom. The lowest BCUT2D eigenvalue weighted by Crippen LogP contribution is -2.34. The van der Waals surface area contributed by atoms with Crippen molar-refractivity contribution < 1.29 is 18.0 Å². The fraction of sp³-hybridized carbons (Fsp3) is 0.133. The minimum Gasteiger partial charge on any atom is -0.285 e. The molecular formula is C15H12ClN3O4S. The van der Waals surface area contributed by atoms with Crippen LogP contribution < -0.4 is 4.72 Å². The summed E-state index contributed by atoms with van der Waals surface area (Å²) in [5.74, 6) is -1.29. The van der Waals surface area contributed by atoms with E-state index in [1.165, 1.54) is 18.3 Å². The summed E-state index contributed by atoms with van der Waals surface area (Å²) >= 11 is 5.96. The summed E-state index contributed by atoms with van der Waals surface area (Å²) in [4.78, 5) is 27.7. The molecule has 0 fully saturated rings. The van der Waals surface area contributed by atoms with Crippen molar-refractivity contribution in [1.29, 1.82) is 0 Å². The lowest BCUT2D eigenvalue weighted by Gasteiger charge is -2.15. The van der Waals surface area contributed by atoms with Crippen LogP contribution >= 0.6 is 11.6 Å². The highest BCUT2D eigenvalue weighted by molar-refractivity contribution is 7.93. The van der Waals surface area contributed by atoms with E-state index in [9.17, 15) is 18.0 Å². The molecule has 1 aromatic heterocycles. The van der Waals surface area contributed by atoms with Gasteiger partial charge in [0.25, 0.3) is 0 Å². The number of ketones is 1. The van der Waals surface area contributed by atoms with Crippen molar-refractivity contribution in [3.05, 3.63) is 52.8 Å². The number of nitrogens with zero attached hydrogens (tertiary/aromatic N) is 2. The molecule has 0 spiro atoms. The van der Waals surface area contributed by atoms with Gasteiger partial charge in [-0.1, -0.05) is 17.7 Å². The van der Waals surface area contributed by atoms with Gasteiger partial charge in [-0.05, 0) is 36.8 Å². The van der Waals surface area contributed by atoms with E-state index >= 15 is 0 Å². The summed E-state index contributed by atoms with van der Waals surface area (Å²) in [7, 11) is -3.94. The van der Waals surface area contributed by atoms with Crippen molar-refractivity contribution in [2.75, 3.05) is 10.5 Å². The highest BCUT2D eigenvalue weighted by Gasteiger charge is 2.30. The van der Waals surface area contributed by atoms with Crippen LogP contribution in [0.5, 0.6) is 0 Å². The number of aliphatic imine (C=N–C) groups is 1. The van der Waals surface area contributed by atoms with Crippen LogP contribution in [0.15, 0.2) is 41.5 Å². The van der Waals surface area contributed by atoms with E-state index in [4.69, 9.17) is 11.6 Å². The van der Waals surface area contributed by atoms with Crippen molar-refractivity contribution in [3.8, 4) is 0 Å². The zero-order valence-corrected chi connectivity index (χ0v) is 14.1. The largest absolute Gasteiger partial charge is 0.352 e. The molecule has 0 saturated carbocycles. The molecule has 24 heavy (non-hydrogen) atoms. The number of halogens is 1. The van der Waals surface area contributed by atoms with Crippen LogP contribution in [0.3, 0.4) is 0 Å². The second-order valence-corrected chi connectivity index (χ2v) is 7.34. The molecule has 3 rings (SSSR count). The van der Waals surface area contributed by atoms with Gasteiger partial charge < -0.3 is 0 Å². The number of nitrogens with one attached hydrogen (secondary N) is 1. The minimum absolute atomic E-state index is 0.0964. The molecule has 1 amide bonds. The zero-order chi connectivity index (χ0) is 17.5. The number of hydrogen-bond acceptors (Lipinski definition) is 4. The molecule has 9 heteroatoms. The maximum absolute atomic E-state index is 12.3. The predicted octanol–water partition coefficient (Wildman–Crippen LogP) is 2.50. The summed E-state index contributed by atoms with van der Waals surface area (Å²) in [5, 5.41) is 0.411. The number of benzene rings is 1. The Kier molecular flexibility index (Phi) is 4.02. The van der Waals surface area contributed by atoms with Gasteiger partial charge in [0.05, 0.1) is 11.4 Å². The van der Waals surface area contributed by atoms with E-state index < -0.39 is 27.6 Å². The standard InChI is InChI=1S/C15H12ClN3O4S/c1-9-10(16)4-2-5-11(9)18-24(22,23)8-12-14(20)13-6-3-7-19(13)15(21)17-12/h2-7,18H,8H2,1H3. The Bertz CT molecular complexity index is 992. The predicted molar refractivity (Wildman–Crippen MR) is 90.6 cm³/mol. The van der Waals surface area contributed by atoms with E-state index in [2.05, 4.69) is 9.71 Å². The van der Waals surface area contributed by atoms with Crippen LogP contribution in [0.25, 0.3) is 0 Å². The number of carbonyl (C=O) groups excluding carboxylic acids is 2. The van der Waals surface area contributed by atoms with Gasteiger partial charge in [-0.3, -0.25) is 14.1 Å². The molecule has 124 valence electrons. The number of sulfonamides is 1. The van der Waals surface area contributed by atoms with Crippen LogP contribution in [0.1, 0.15) is 16.1 Å². The molecule has 1 N–H and O–H groups in total. The number of Topliss-reactive ketones (excluding diaryl/α,β-unsaturated/α-hetero) is 1. The third-order valence-electron chi connectivity index (χ3n) is 3.54. The molecule has 7 nitrogen and oxygen atoms in total. The van der Waals surface area contributed by atoms with Gasteiger partial charge in [0.15, 0.2) is 0 Å². The van der Waals surface area contributed by atoms with Crippen LogP contribution in [-0.2, 0) is 10.0 Å². The molecule has 1 aliphatic rings. The first-order valence-electron chi connectivity index (χ1n) is 6.88. The number of rotatable bonds is 4. The summed E-state index contributed by atoms with van der Waals surface area (Å²) in [6, 6.07) is 7.06. The smallest absolute Gasteiger partial charge is 0.285 e. The first-order chi connectivity index (χ1) is 11.3. The SMILES string of the molecule is Cc1c(Cl)cccc1NS(=O)(=O)CC1=NC(=O)n2cccc2C1=O. The van der Waals surface area contributed by atoms with E-state index in [1.807, 2.05) is 0 Å². The van der Waals surface area contributed by atoms with Crippen LogP contribution in [0, 0.1) is 6.92 Å². The third-order valence-corrected chi connectivity index (χ3v) is 5.13. The number of carbonyl (C=O) groups is 2. The van der Waals surface area contributed by atoms with Gasteiger partial charge >= 0.3 is 6.03 Å². The Morgan fingerprint density at radius 1 is 1.21 bits per heavy atom. The van der Waals surface area contributed by atoms with Crippen molar-refractivity contribution in [3.63, 3.8) is 0 Å². The molecule has 1 aliphatic heterocycles. The number of aromatic nitrogens is 1. The van der Waals surface area contributed by atoms with Gasteiger partial charge in [-0.2, -0.15) is 4.99 Å². The van der Waals surface area contributed by atoms with E-state index in [0.717, 1.165) is 4.57 Å². The normalized spacial score (nSPS) is 14.3. The molecule has 0 atom stereocenters. The molecule has 0 radical (unpaired) electrons. The second kappa shape index (κ2) is 5.88. The van der Waals surface area contributed by atoms with E-state index in [-0.39, 0.29) is 11.4 Å². The lowest BCUT2D eigenvalue weighted by molar-refractivity contribution is 0.105. The third kappa shape index (κ3) is 2.98. The quantitative estimate of drug-likeness (QED) is 0.899. The molecule has 1 aromatic carbocycles. The monoisotopic (exact) mass is 365 g/mol. The summed E-state index contributed by atoms with van der Waals surface area (Å²) in [6.45, 7) is 1.67. The average molecular weight is 366 g/mol. The van der Waals surface area contributed by atoms with Gasteiger partial charge in [0, 0.05) is 11.2 Å². The first kappa shape index (κ1) is 16.4. The summed E-state index contributed by atoms with van der Waals surface area (Å²) in [5.41, 5.74) is 0.642. The maximum Gasteiger partial charge on any atom is 0.352 e. The van der Waals surface area contributed by atoms with Crippen LogP contribution in [-0.4, -0.2) is 36.3 Å². The van der Waals surface area contributed by atoms with E-state index in [0.29, 0.717) is 16.3 Å². The Balaban J connectivity index is 1.86. The summed E-state index contributed by atoms with van der Waals surface area (Å²) in [6.07, 6.45) is 1.40. The van der Waals surface area contributed by atoms with Crippen molar-refractivity contribution >= 4 is 44.8 Å². The van der Waals surface area contributed by atoms with Crippen LogP contribution in [0.4, 0.5) is 10.5 Å². The maximum atomic E-state index is 12.3. The lowest BCUT2D eigenvalue weighted by atomic mass is 10.2. The second-order valence-electron chi connectivity index (χ2n) is 5.21. The molecule has 2 aromatic rings. The molecule has 0 saturated heterocycles. The van der Waals surface area contributed by atoms with Crippen molar-refractivity contribution in [2.45, 2.75) is 6.92 Å². The topological polar surface area (TPSA) is 97.6 Å². The number of hydrogen-bond donors (Lipinski definition) is 1. The minimum atomic E-state index is -3.94. The van der Waals surface area contributed by atoms with Crippen molar-refractivity contribution in [1.82, 2.24) is 4.57 Å². The van der Waals surface area contributed by atoms with Crippen LogP contribution in [0.2, 0.25) is 5.02 Å². The molecule has 2 heterocycles. The zero-order valence-electron chi connectivity index (χ0n) is 12.5. The molecular weight excluding hydrogens is 354 g/mol. The fourth-order valence-corrected chi connectivity index (χ4v) is 3.66. The average Bonchev–Trinajstić information content (AvgIpc) is 2.99. The van der Waals surface area contributed by atoms with Gasteiger partial charge in [0.1, 0.15) is 11.5 Å². The highest BCUT2D eigenvalue weighted by Crippen LogP contribution is 2.24.